The highest BCUT2D eigenvalue weighted by Gasteiger charge is 2.29. The molecule has 0 saturated heterocycles. The molecule has 4 aromatic rings. The van der Waals surface area contributed by atoms with Crippen LogP contribution in [0.2, 0.25) is 0 Å². The maximum Gasteiger partial charge on any atom is 0.343 e. The van der Waals surface area contributed by atoms with Crippen molar-refractivity contribution >= 4 is 46.6 Å². The summed E-state index contributed by atoms with van der Waals surface area (Å²) in [5.41, 5.74) is 4.17. The lowest BCUT2D eigenvalue weighted by atomic mass is 10.1. The standard InChI is InChI=1S/C44H41NO10/c1-29-25-30(8-22-41(47)51-2)7-20-39(29)55-43(49)32-13-16-36(17-14-32)54-44(50)35-12-11-34-27-37(18-15-33(34)26-35)52-23-5-3-4-6-24-53-42(48)28-45-38(31-9-10-31)19-21-40(45)46/h7-8,11-22,25-27H,3-6,9-10,23-24,28H2,1-2H3/b22-8+. The average Bonchev–Trinajstić information content (AvgIpc) is 3.97. The van der Waals surface area contributed by atoms with Crippen LogP contribution in [0, 0.1) is 6.92 Å². The molecule has 11 heteroatoms. The van der Waals surface area contributed by atoms with Gasteiger partial charge in [0.2, 0.25) is 0 Å². The first-order chi connectivity index (χ1) is 26.7. The summed E-state index contributed by atoms with van der Waals surface area (Å²) in [5.74, 6) is -0.764. The van der Waals surface area contributed by atoms with E-state index in [0.717, 1.165) is 66.3 Å². The zero-order chi connectivity index (χ0) is 38.7. The number of benzene rings is 4. The second-order valence-corrected chi connectivity index (χ2v) is 13.1. The molecule has 0 atom stereocenters. The van der Waals surface area contributed by atoms with Crippen molar-refractivity contribution in [1.82, 2.24) is 4.90 Å². The van der Waals surface area contributed by atoms with Crippen molar-refractivity contribution in [3.63, 3.8) is 0 Å². The van der Waals surface area contributed by atoms with E-state index in [4.69, 9.17) is 18.9 Å². The van der Waals surface area contributed by atoms with Gasteiger partial charge in [0.15, 0.2) is 0 Å². The Bertz CT molecular complexity index is 2190. The van der Waals surface area contributed by atoms with Crippen molar-refractivity contribution in [2.45, 2.75) is 45.4 Å². The fourth-order valence-corrected chi connectivity index (χ4v) is 5.90. The maximum atomic E-state index is 13.0. The molecule has 2 aliphatic rings. The first-order valence-corrected chi connectivity index (χ1v) is 18.1. The molecule has 282 valence electrons. The van der Waals surface area contributed by atoms with Crippen molar-refractivity contribution in [3.05, 3.63) is 131 Å². The molecule has 0 N–H and O–H groups in total. The summed E-state index contributed by atoms with van der Waals surface area (Å²) in [4.78, 5) is 62.8. The van der Waals surface area contributed by atoms with E-state index in [2.05, 4.69) is 4.74 Å². The van der Waals surface area contributed by atoms with Crippen molar-refractivity contribution < 1.29 is 47.7 Å². The van der Waals surface area contributed by atoms with Gasteiger partial charge in [-0.05, 0) is 146 Å². The zero-order valence-corrected chi connectivity index (χ0v) is 30.7. The van der Waals surface area contributed by atoms with Gasteiger partial charge in [0, 0.05) is 17.8 Å². The average molecular weight is 744 g/mol. The first-order valence-electron chi connectivity index (χ1n) is 18.1. The van der Waals surface area contributed by atoms with Crippen molar-refractivity contribution in [3.8, 4) is 17.2 Å². The summed E-state index contributed by atoms with van der Waals surface area (Å²) in [7, 11) is 1.30. The molecule has 1 fully saturated rings. The summed E-state index contributed by atoms with van der Waals surface area (Å²) >= 11 is 0. The number of ether oxygens (including phenoxy) is 5. The van der Waals surface area contributed by atoms with E-state index in [9.17, 15) is 24.0 Å². The molecule has 0 bridgehead atoms. The second kappa shape index (κ2) is 18.0. The van der Waals surface area contributed by atoms with Gasteiger partial charge in [-0.2, -0.15) is 0 Å². The zero-order valence-electron chi connectivity index (χ0n) is 30.7. The third kappa shape index (κ3) is 10.6. The molecule has 1 aliphatic heterocycles. The molecule has 0 radical (unpaired) electrons. The predicted molar refractivity (Wildman–Crippen MR) is 205 cm³/mol. The monoisotopic (exact) mass is 743 g/mol. The maximum absolute atomic E-state index is 13.0. The van der Waals surface area contributed by atoms with Crippen LogP contribution in [0.15, 0.2) is 108 Å². The van der Waals surface area contributed by atoms with Crippen LogP contribution in [0.5, 0.6) is 17.2 Å². The summed E-state index contributed by atoms with van der Waals surface area (Å²) < 4.78 is 27.0. The smallest absolute Gasteiger partial charge is 0.343 e. The Balaban J connectivity index is 0.897. The van der Waals surface area contributed by atoms with Gasteiger partial charge < -0.3 is 23.7 Å². The van der Waals surface area contributed by atoms with Crippen LogP contribution in [0.1, 0.15) is 70.4 Å². The molecular weight excluding hydrogens is 702 g/mol. The summed E-state index contributed by atoms with van der Waals surface area (Å²) in [5, 5.41) is 1.76. The molecular formula is C44H41NO10. The fraction of sp³-hybridized carbons (Fsp3) is 0.250. The second-order valence-electron chi connectivity index (χ2n) is 13.1. The largest absolute Gasteiger partial charge is 0.494 e. The predicted octanol–water partition coefficient (Wildman–Crippen LogP) is 7.70. The molecule has 4 aromatic carbocycles. The lowest BCUT2D eigenvalue weighted by molar-refractivity contribution is -0.147. The van der Waals surface area contributed by atoms with Crippen molar-refractivity contribution in [2.24, 2.45) is 0 Å². The lowest BCUT2D eigenvalue weighted by Gasteiger charge is -2.17. The number of methoxy groups -OCH3 is 1. The third-order valence-electron chi connectivity index (χ3n) is 9.02. The van der Waals surface area contributed by atoms with Gasteiger partial charge >= 0.3 is 23.9 Å². The van der Waals surface area contributed by atoms with Crippen LogP contribution in [0.25, 0.3) is 16.8 Å². The normalized spacial score (nSPS) is 13.3. The molecule has 11 nitrogen and oxygen atoms in total. The number of nitrogens with zero attached hydrogens (tertiary/aromatic N) is 1. The number of hydrogen-bond acceptors (Lipinski definition) is 10. The number of hydrogen-bond donors (Lipinski definition) is 0. The highest BCUT2D eigenvalue weighted by atomic mass is 16.5. The number of carbonyl (C=O) groups excluding carboxylic acids is 5. The number of unbranched alkanes of at least 4 members (excludes halogenated alkanes) is 3. The molecule has 1 aliphatic carbocycles. The summed E-state index contributed by atoms with van der Waals surface area (Å²) in [6, 6.07) is 22.2. The lowest BCUT2D eigenvalue weighted by Crippen LogP contribution is -2.31. The van der Waals surface area contributed by atoms with Crippen molar-refractivity contribution in [2.75, 3.05) is 26.9 Å². The molecule has 1 heterocycles. The number of amides is 1. The molecule has 6 rings (SSSR count). The number of fused-ring (bicyclic) bond motifs is 1. The van der Waals surface area contributed by atoms with Crippen LogP contribution in [0.3, 0.4) is 0 Å². The first kappa shape index (κ1) is 38.2. The Hall–Kier alpha value is -6.49. The van der Waals surface area contributed by atoms with E-state index in [1.807, 2.05) is 24.3 Å². The van der Waals surface area contributed by atoms with Crippen LogP contribution < -0.4 is 14.2 Å². The van der Waals surface area contributed by atoms with Crippen LogP contribution in [0.4, 0.5) is 0 Å². The highest BCUT2D eigenvalue weighted by molar-refractivity contribution is 5.97. The molecule has 1 amide bonds. The number of esters is 4. The van der Waals surface area contributed by atoms with Gasteiger partial charge in [-0.1, -0.05) is 18.2 Å². The van der Waals surface area contributed by atoms with E-state index < -0.39 is 23.9 Å². The molecule has 1 saturated carbocycles. The summed E-state index contributed by atoms with van der Waals surface area (Å²) in [6.45, 7) is 2.60. The Morgan fingerprint density at radius 3 is 2.16 bits per heavy atom. The quantitative estimate of drug-likeness (QED) is 0.0486. The molecule has 55 heavy (non-hydrogen) atoms. The fourth-order valence-electron chi connectivity index (χ4n) is 5.90. The molecule has 0 spiro atoms. The van der Waals surface area contributed by atoms with Crippen LogP contribution in [-0.4, -0.2) is 61.6 Å². The van der Waals surface area contributed by atoms with Gasteiger partial charge in [0.05, 0.1) is 31.5 Å². The number of carbonyl (C=O) groups is 5. The topological polar surface area (TPSA) is 135 Å². The molecule has 0 aromatic heterocycles. The minimum atomic E-state index is -0.570. The van der Waals surface area contributed by atoms with Gasteiger partial charge in [-0.25, -0.2) is 14.4 Å². The van der Waals surface area contributed by atoms with E-state index in [1.165, 1.54) is 54.0 Å². The Labute approximate surface area is 318 Å². The summed E-state index contributed by atoms with van der Waals surface area (Å²) in [6.07, 6.45) is 11.5. The third-order valence-corrected chi connectivity index (χ3v) is 9.02. The van der Waals surface area contributed by atoms with Gasteiger partial charge in [-0.3, -0.25) is 14.5 Å². The Kier molecular flexibility index (Phi) is 12.5. The highest BCUT2D eigenvalue weighted by Crippen LogP contribution is 2.35. The number of allylic oxidation sites excluding steroid dienone is 2. The minimum Gasteiger partial charge on any atom is -0.494 e. The number of rotatable bonds is 16. The molecule has 0 unspecified atom stereocenters. The van der Waals surface area contributed by atoms with Gasteiger partial charge in [0.1, 0.15) is 23.8 Å². The van der Waals surface area contributed by atoms with Crippen molar-refractivity contribution in [1.29, 1.82) is 0 Å². The van der Waals surface area contributed by atoms with Gasteiger partial charge in [0.25, 0.3) is 5.91 Å². The van der Waals surface area contributed by atoms with Crippen LogP contribution >= 0.6 is 0 Å². The van der Waals surface area contributed by atoms with E-state index in [0.29, 0.717) is 30.1 Å². The van der Waals surface area contributed by atoms with E-state index in [1.54, 1.807) is 49.4 Å². The van der Waals surface area contributed by atoms with Gasteiger partial charge in [-0.15, -0.1) is 0 Å². The Morgan fingerprint density at radius 1 is 0.727 bits per heavy atom. The van der Waals surface area contributed by atoms with Crippen LogP contribution in [-0.2, 0) is 23.9 Å². The minimum absolute atomic E-state index is 0.0497. The Morgan fingerprint density at radius 2 is 1.42 bits per heavy atom. The number of aryl methyl sites for hydroxylation is 1. The SMILES string of the molecule is COC(=O)/C=C/c1ccc(OC(=O)c2ccc(OC(=O)c3ccc4cc(OCCCCCCOC(=O)CN5C(=O)C=CC5=C5CC5)ccc4c3)cc2)c(C)c1. The van der Waals surface area contributed by atoms with E-state index >= 15 is 0 Å². The van der Waals surface area contributed by atoms with E-state index in [-0.39, 0.29) is 23.8 Å².